The van der Waals surface area contributed by atoms with E-state index in [1.165, 1.54) is 0 Å². The number of benzene rings is 1. The summed E-state index contributed by atoms with van der Waals surface area (Å²) < 4.78 is 0. The third kappa shape index (κ3) is 4.39. The number of rotatable bonds is 7. The van der Waals surface area contributed by atoms with Crippen molar-refractivity contribution in [2.24, 2.45) is 0 Å². The van der Waals surface area contributed by atoms with Crippen molar-refractivity contribution in [3.63, 3.8) is 0 Å². The van der Waals surface area contributed by atoms with E-state index in [-0.39, 0.29) is 49.6 Å². The molecular weight excluding hydrogens is 360 g/mol. The molecule has 150 valence electrons. The van der Waals surface area contributed by atoms with Crippen LogP contribution in [0.1, 0.15) is 40.5 Å². The van der Waals surface area contributed by atoms with E-state index >= 15 is 0 Å². The van der Waals surface area contributed by atoms with Gasteiger partial charge in [-0.05, 0) is 18.7 Å². The van der Waals surface area contributed by atoms with Crippen LogP contribution < -0.4 is 5.32 Å². The number of hydrogen-bond acceptors (Lipinski definition) is 5. The summed E-state index contributed by atoms with van der Waals surface area (Å²) in [7, 11) is 0. The maximum atomic E-state index is 12.3. The van der Waals surface area contributed by atoms with Crippen LogP contribution in [0.5, 0.6) is 0 Å². The molecule has 28 heavy (non-hydrogen) atoms. The van der Waals surface area contributed by atoms with Crippen LogP contribution in [0.3, 0.4) is 0 Å². The van der Waals surface area contributed by atoms with Crippen molar-refractivity contribution in [2.75, 3.05) is 45.8 Å². The zero-order valence-corrected chi connectivity index (χ0v) is 16.1. The molecule has 4 amide bonds. The maximum absolute atomic E-state index is 12.3. The van der Waals surface area contributed by atoms with Crippen molar-refractivity contribution >= 4 is 23.6 Å². The lowest BCUT2D eigenvalue weighted by Gasteiger charge is -2.34. The second-order valence-corrected chi connectivity index (χ2v) is 6.97. The first-order chi connectivity index (χ1) is 13.5. The summed E-state index contributed by atoms with van der Waals surface area (Å²) in [4.78, 5) is 54.0. The van der Waals surface area contributed by atoms with E-state index in [9.17, 15) is 19.2 Å². The highest BCUT2D eigenvalue weighted by Gasteiger charge is 2.34. The van der Waals surface area contributed by atoms with Crippen molar-refractivity contribution in [3.8, 4) is 0 Å². The van der Waals surface area contributed by atoms with Gasteiger partial charge in [0.25, 0.3) is 11.8 Å². The number of imide groups is 1. The van der Waals surface area contributed by atoms with Gasteiger partial charge in [0.1, 0.15) is 0 Å². The monoisotopic (exact) mass is 386 g/mol. The fourth-order valence-electron chi connectivity index (χ4n) is 3.52. The van der Waals surface area contributed by atoms with Gasteiger partial charge in [-0.1, -0.05) is 19.1 Å². The van der Waals surface area contributed by atoms with E-state index in [4.69, 9.17) is 0 Å². The number of nitrogens with zero attached hydrogens (tertiary/aromatic N) is 3. The zero-order valence-electron chi connectivity index (χ0n) is 16.1. The second-order valence-electron chi connectivity index (χ2n) is 6.97. The molecule has 2 aliphatic heterocycles. The minimum Gasteiger partial charge on any atom is -0.356 e. The van der Waals surface area contributed by atoms with Crippen molar-refractivity contribution in [2.45, 2.75) is 19.8 Å². The molecule has 0 unspecified atom stereocenters. The number of fused-ring (bicyclic) bond motifs is 1. The van der Waals surface area contributed by atoms with Crippen LogP contribution >= 0.6 is 0 Å². The summed E-state index contributed by atoms with van der Waals surface area (Å²) in [6, 6.07) is 6.64. The largest absolute Gasteiger partial charge is 0.356 e. The predicted octanol–water partition coefficient (Wildman–Crippen LogP) is 0.343. The van der Waals surface area contributed by atoms with Gasteiger partial charge >= 0.3 is 0 Å². The number of hydrogen-bond donors (Lipinski definition) is 1. The number of likely N-dealkylation sites (N-methyl/N-ethyl adjacent to an activating group) is 1. The van der Waals surface area contributed by atoms with Crippen LogP contribution in [0.2, 0.25) is 0 Å². The van der Waals surface area contributed by atoms with Gasteiger partial charge in [0.05, 0.1) is 11.1 Å². The smallest absolute Gasteiger partial charge is 0.261 e. The lowest BCUT2D eigenvalue weighted by atomic mass is 10.1. The Morgan fingerprint density at radius 2 is 1.57 bits per heavy atom. The highest BCUT2D eigenvalue weighted by molar-refractivity contribution is 6.21. The molecule has 2 heterocycles. The molecule has 0 atom stereocenters. The highest BCUT2D eigenvalue weighted by Crippen LogP contribution is 2.22. The Bertz CT molecular complexity index is 736. The van der Waals surface area contributed by atoms with E-state index in [0.717, 1.165) is 37.6 Å². The molecule has 0 aromatic heterocycles. The van der Waals surface area contributed by atoms with Crippen LogP contribution in [0.15, 0.2) is 24.3 Å². The average molecular weight is 386 g/mol. The van der Waals surface area contributed by atoms with Gasteiger partial charge in [-0.3, -0.25) is 24.1 Å². The van der Waals surface area contributed by atoms with E-state index in [1.807, 2.05) is 4.90 Å². The molecule has 0 radical (unpaired) electrons. The van der Waals surface area contributed by atoms with E-state index in [2.05, 4.69) is 17.1 Å². The van der Waals surface area contributed by atoms with Gasteiger partial charge < -0.3 is 15.1 Å². The summed E-state index contributed by atoms with van der Waals surface area (Å²) >= 11 is 0. The minimum atomic E-state index is -0.366. The number of piperazine rings is 1. The molecule has 0 saturated carbocycles. The topological polar surface area (TPSA) is 90.0 Å². The quantitative estimate of drug-likeness (QED) is 0.683. The van der Waals surface area contributed by atoms with Crippen molar-refractivity contribution in [1.29, 1.82) is 0 Å². The van der Waals surface area contributed by atoms with Crippen molar-refractivity contribution < 1.29 is 19.2 Å². The number of amides is 4. The standard InChI is InChI=1S/C20H26N4O4/c1-2-22-11-13-23(14-12-22)18(26)7-9-21-17(25)8-10-24-19(27)15-5-3-4-6-16(15)20(24)28/h3-6H,2,7-14H2,1H3,(H,21,25). The normalized spacial score (nSPS) is 17.0. The van der Waals surface area contributed by atoms with Crippen LogP contribution in [0, 0.1) is 0 Å². The molecule has 0 spiro atoms. The summed E-state index contributed by atoms with van der Waals surface area (Å²) in [6.45, 7) is 6.60. The molecule has 1 aromatic rings. The molecule has 8 nitrogen and oxygen atoms in total. The van der Waals surface area contributed by atoms with Crippen molar-refractivity contribution in [3.05, 3.63) is 35.4 Å². The average Bonchev–Trinajstić information content (AvgIpc) is 2.97. The predicted molar refractivity (Wildman–Crippen MR) is 103 cm³/mol. The van der Waals surface area contributed by atoms with Crippen molar-refractivity contribution in [1.82, 2.24) is 20.0 Å². The van der Waals surface area contributed by atoms with Gasteiger partial charge in [-0.25, -0.2) is 0 Å². The molecule has 1 saturated heterocycles. The summed E-state index contributed by atoms with van der Waals surface area (Å²) in [5.74, 6) is -0.971. The van der Waals surface area contributed by atoms with Crippen LogP contribution in [0.4, 0.5) is 0 Å². The first-order valence-electron chi connectivity index (χ1n) is 9.73. The van der Waals surface area contributed by atoms with Gasteiger partial charge in [-0.15, -0.1) is 0 Å². The Hall–Kier alpha value is -2.74. The fourth-order valence-corrected chi connectivity index (χ4v) is 3.52. The van der Waals surface area contributed by atoms with E-state index < -0.39 is 0 Å². The molecule has 1 N–H and O–H groups in total. The minimum absolute atomic E-state index is 0.0227. The molecule has 1 fully saturated rings. The third-order valence-electron chi connectivity index (χ3n) is 5.27. The fraction of sp³-hybridized carbons (Fsp3) is 0.500. The molecule has 0 aliphatic carbocycles. The van der Waals surface area contributed by atoms with Gasteiger partial charge in [0, 0.05) is 52.1 Å². The molecule has 8 heteroatoms. The Labute approximate surface area is 164 Å². The van der Waals surface area contributed by atoms with Crippen LogP contribution in [-0.2, 0) is 9.59 Å². The highest BCUT2D eigenvalue weighted by atomic mass is 16.2. The van der Waals surface area contributed by atoms with Gasteiger partial charge in [0.15, 0.2) is 0 Å². The maximum Gasteiger partial charge on any atom is 0.261 e. The molecule has 2 aliphatic rings. The lowest BCUT2D eigenvalue weighted by molar-refractivity contribution is -0.132. The summed E-state index contributed by atoms with van der Waals surface area (Å²) in [6.07, 6.45) is 0.277. The third-order valence-corrected chi connectivity index (χ3v) is 5.27. The van der Waals surface area contributed by atoms with Crippen LogP contribution in [0.25, 0.3) is 0 Å². The first kappa shape index (κ1) is 20.0. The lowest BCUT2D eigenvalue weighted by Crippen LogP contribution is -2.49. The summed E-state index contributed by atoms with van der Waals surface area (Å²) in [5, 5.41) is 2.70. The molecule has 1 aromatic carbocycles. The number of nitrogens with one attached hydrogen (secondary N) is 1. The van der Waals surface area contributed by atoms with E-state index in [0.29, 0.717) is 11.1 Å². The first-order valence-corrected chi connectivity index (χ1v) is 9.73. The molecule has 3 rings (SSSR count). The zero-order chi connectivity index (χ0) is 20.1. The SMILES string of the molecule is CCN1CCN(C(=O)CCNC(=O)CCN2C(=O)c3ccccc3C2=O)CC1. The summed E-state index contributed by atoms with van der Waals surface area (Å²) in [5.41, 5.74) is 0.753. The number of carbonyl (C=O) groups excluding carboxylic acids is 4. The Balaban J connectivity index is 1.37. The second kappa shape index (κ2) is 8.97. The Morgan fingerprint density at radius 3 is 2.14 bits per heavy atom. The Kier molecular flexibility index (Phi) is 6.41. The molecule has 0 bridgehead atoms. The van der Waals surface area contributed by atoms with Crippen LogP contribution in [-0.4, -0.2) is 84.1 Å². The van der Waals surface area contributed by atoms with Gasteiger partial charge in [-0.2, -0.15) is 0 Å². The Morgan fingerprint density at radius 1 is 0.964 bits per heavy atom. The molecular formula is C20H26N4O4. The van der Waals surface area contributed by atoms with Gasteiger partial charge in [0.2, 0.25) is 11.8 Å². The van der Waals surface area contributed by atoms with E-state index in [1.54, 1.807) is 24.3 Å². The number of carbonyl (C=O) groups is 4.